The van der Waals surface area contributed by atoms with E-state index >= 15 is 0 Å². The first-order chi connectivity index (χ1) is 14.5. The Hall–Kier alpha value is -2.99. The number of hydrogen-bond acceptors (Lipinski definition) is 8. The highest BCUT2D eigenvalue weighted by molar-refractivity contribution is 7.71. The number of rotatable bonds is 7. The van der Waals surface area contributed by atoms with Gasteiger partial charge in [-0.1, -0.05) is 11.6 Å². The van der Waals surface area contributed by atoms with Crippen molar-refractivity contribution in [3.63, 3.8) is 0 Å². The molecule has 2 aromatic rings. The monoisotopic (exact) mass is 475 g/mol. The fourth-order valence-electron chi connectivity index (χ4n) is 2.45. The van der Waals surface area contributed by atoms with Crippen LogP contribution in [0, 0.1) is 10.6 Å². The minimum absolute atomic E-state index is 0.0601. The van der Waals surface area contributed by atoms with Crippen LogP contribution in [0.15, 0.2) is 21.7 Å². The largest absolute Gasteiger partial charge is 0.477 e. The zero-order valence-corrected chi connectivity index (χ0v) is 18.6. The van der Waals surface area contributed by atoms with Crippen molar-refractivity contribution in [2.75, 3.05) is 13.2 Å². The number of benzene rings is 1. The molecular weight excluding hydrogens is 457 g/mol. The quantitative estimate of drug-likeness (QED) is 0.435. The summed E-state index contributed by atoms with van der Waals surface area (Å²) in [7, 11) is 2.65. The highest BCUT2D eigenvalue weighted by Crippen LogP contribution is 2.30. The molecule has 0 N–H and O–H groups in total. The number of hydrogen-bond donors (Lipinski definition) is 0. The Morgan fingerprint density at radius 2 is 1.74 bits per heavy atom. The van der Waals surface area contributed by atoms with Crippen LogP contribution >= 0.6 is 23.8 Å². The maximum atomic E-state index is 14.6. The lowest BCUT2D eigenvalue weighted by atomic mass is 10.2. The minimum atomic E-state index is -1.25. The minimum Gasteiger partial charge on any atom is -0.477 e. The summed E-state index contributed by atoms with van der Waals surface area (Å²) in [4.78, 5) is 48.4. The zero-order chi connectivity index (χ0) is 23.5. The Morgan fingerprint density at radius 3 is 2.29 bits per heavy atom. The zero-order valence-electron chi connectivity index (χ0n) is 17.0. The third kappa shape index (κ3) is 5.20. The van der Waals surface area contributed by atoms with Crippen LogP contribution in [0.25, 0.3) is 5.69 Å². The van der Waals surface area contributed by atoms with Gasteiger partial charge in [0.15, 0.2) is 17.5 Å². The molecule has 0 aliphatic rings. The summed E-state index contributed by atoms with van der Waals surface area (Å²) in [6.45, 7) is 2.42. The van der Waals surface area contributed by atoms with Crippen molar-refractivity contribution in [1.29, 1.82) is 0 Å². The summed E-state index contributed by atoms with van der Waals surface area (Å²) < 4.78 is 31.9. The Morgan fingerprint density at radius 1 is 1.16 bits per heavy atom. The van der Waals surface area contributed by atoms with Crippen LogP contribution in [-0.4, -0.2) is 45.0 Å². The van der Waals surface area contributed by atoms with E-state index in [4.69, 9.17) is 33.3 Å². The summed E-state index contributed by atoms with van der Waals surface area (Å²) in [5.74, 6) is -2.83. The van der Waals surface area contributed by atoms with E-state index < -0.39 is 47.5 Å². The summed E-state index contributed by atoms with van der Waals surface area (Å²) in [5, 5.41) is -0.222. The van der Waals surface area contributed by atoms with Gasteiger partial charge in [0, 0.05) is 20.2 Å². The van der Waals surface area contributed by atoms with Gasteiger partial charge in [-0.3, -0.25) is 9.13 Å². The Kier molecular flexibility index (Phi) is 7.74. The Bertz CT molecular complexity index is 1160. The molecule has 0 saturated carbocycles. The molecule has 0 aliphatic carbocycles. The number of carbonyl (C=O) groups is 2. The van der Waals surface area contributed by atoms with Crippen LogP contribution < -0.4 is 16.1 Å². The first-order valence-corrected chi connectivity index (χ1v) is 9.65. The smallest absolute Gasteiger partial charge is 0.347 e. The van der Waals surface area contributed by atoms with Crippen LogP contribution in [0.3, 0.4) is 0 Å². The molecule has 13 heteroatoms. The number of nitrogens with zero attached hydrogens (tertiary/aromatic N) is 3. The number of halogens is 2. The summed E-state index contributed by atoms with van der Waals surface area (Å²) >= 11 is 11.0. The third-order valence-corrected chi connectivity index (χ3v) is 4.89. The average Bonchev–Trinajstić information content (AvgIpc) is 2.72. The highest BCUT2D eigenvalue weighted by Gasteiger charge is 2.22. The van der Waals surface area contributed by atoms with Crippen LogP contribution in [0.4, 0.5) is 4.39 Å². The van der Waals surface area contributed by atoms with E-state index in [9.17, 15) is 23.6 Å². The highest BCUT2D eigenvalue weighted by atomic mass is 35.5. The molecule has 1 heterocycles. The molecule has 168 valence electrons. The lowest BCUT2D eigenvalue weighted by molar-refractivity contribution is -0.162. The fraction of sp³-hybridized carbons (Fsp3) is 0.389. The van der Waals surface area contributed by atoms with E-state index in [0.29, 0.717) is 4.57 Å². The van der Waals surface area contributed by atoms with E-state index in [0.717, 1.165) is 21.3 Å². The summed E-state index contributed by atoms with van der Waals surface area (Å²) in [6.07, 6.45) is -1.25. The van der Waals surface area contributed by atoms with E-state index in [1.165, 1.54) is 21.0 Å². The van der Waals surface area contributed by atoms with Gasteiger partial charge in [0.25, 0.3) is 0 Å². The van der Waals surface area contributed by atoms with Crippen LogP contribution in [-0.2, 0) is 33.2 Å². The average molecular weight is 476 g/mol. The second kappa shape index (κ2) is 9.88. The van der Waals surface area contributed by atoms with Gasteiger partial charge in [-0.05, 0) is 32.1 Å². The van der Waals surface area contributed by atoms with Gasteiger partial charge in [0.05, 0.1) is 17.3 Å². The normalized spacial score (nSPS) is 11.7. The molecule has 0 fully saturated rings. The molecule has 0 aliphatic heterocycles. The molecule has 0 amide bonds. The maximum Gasteiger partial charge on any atom is 0.347 e. The molecule has 1 unspecified atom stereocenters. The Balaban J connectivity index is 2.40. The van der Waals surface area contributed by atoms with E-state index in [1.54, 1.807) is 6.92 Å². The predicted molar refractivity (Wildman–Crippen MR) is 110 cm³/mol. The Labute approximate surface area is 185 Å². The van der Waals surface area contributed by atoms with Crippen molar-refractivity contribution < 1.29 is 28.2 Å². The van der Waals surface area contributed by atoms with Gasteiger partial charge in [0.1, 0.15) is 11.6 Å². The van der Waals surface area contributed by atoms with Crippen LogP contribution in [0.2, 0.25) is 5.02 Å². The fourth-order valence-corrected chi connectivity index (χ4v) is 2.80. The molecule has 10 nitrogen and oxygen atoms in total. The molecule has 2 rings (SSSR count). The molecule has 0 radical (unpaired) electrons. The number of carbonyl (C=O) groups excluding carboxylic acids is 2. The van der Waals surface area contributed by atoms with Crippen molar-refractivity contribution in [2.24, 2.45) is 14.1 Å². The van der Waals surface area contributed by atoms with Crippen molar-refractivity contribution in [2.45, 2.75) is 20.0 Å². The number of aromatic nitrogens is 3. The van der Waals surface area contributed by atoms with Gasteiger partial charge >= 0.3 is 23.3 Å². The standard InChI is InChI=1S/C18H19ClFN3O7S/c1-5-28-14(24)8-29-15(25)9(2)30-13-7-12(11(20)6-10(13)19)23-16(26)21(3)18(31)22(4)17(23)27/h6-7,9H,5,8H2,1-4H3. The summed E-state index contributed by atoms with van der Waals surface area (Å²) in [5.41, 5.74) is -2.23. The third-order valence-electron chi connectivity index (χ3n) is 4.05. The second-order valence-corrected chi connectivity index (χ2v) is 6.98. The first-order valence-electron chi connectivity index (χ1n) is 8.87. The van der Waals surface area contributed by atoms with Gasteiger partial charge in [-0.15, -0.1) is 0 Å². The number of esters is 2. The summed E-state index contributed by atoms with van der Waals surface area (Å²) in [6, 6.07) is 1.83. The maximum absolute atomic E-state index is 14.6. The van der Waals surface area contributed by atoms with Crippen molar-refractivity contribution in [1.82, 2.24) is 13.7 Å². The number of ether oxygens (including phenoxy) is 3. The van der Waals surface area contributed by atoms with Crippen LogP contribution in [0.1, 0.15) is 13.8 Å². The molecule has 31 heavy (non-hydrogen) atoms. The van der Waals surface area contributed by atoms with Gasteiger partial charge in [0.2, 0.25) is 0 Å². The SMILES string of the molecule is CCOC(=O)COC(=O)C(C)Oc1cc(-n2c(=O)n(C)c(=S)n(C)c2=O)c(F)cc1Cl. The molecule has 1 atom stereocenters. The van der Waals surface area contributed by atoms with Crippen molar-refractivity contribution >= 4 is 35.8 Å². The molecule has 0 bridgehead atoms. The first kappa shape index (κ1) is 24.3. The molecule has 1 aromatic carbocycles. The lowest BCUT2D eigenvalue weighted by Crippen LogP contribution is -2.43. The second-order valence-electron chi connectivity index (χ2n) is 6.21. The van der Waals surface area contributed by atoms with Gasteiger partial charge in [-0.2, -0.15) is 0 Å². The van der Waals surface area contributed by atoms with Crippen molar-refractivity contribution in [3.8, 4) is 11.4 Å². The lowest BCUT2D eigenvalue weighted by Gasteiger charge is -2.17. The topological polar surface area (TPSA) is 111 Å². The van der Waals surface area contributed by atoms with Crippen LogP contribution in [0.5, 0.6) is 5.75 Å². The molecular formula is C18H19ClFN3O7S. The van der Waals surface area contributed by atoms with Gasteiger partial charge < -0.3 is 14.2 Å². The molecule has 1 aromatic heterocycles. The van der Waals surface area contributed by atoms with E-state index in [1.807, 2.05) is 0 Å². The van der Waals surface area contributed by atoms with Crippen molar-refractivity contribution in [3.05, 3.63) is 48.7 Å². The molecule has 0 spiro atoms. The van der Waals surface area contributed by atoms with E-state index in [-0.39, 0.29) is 22.2 Å². The van der Waals surface area contributed by atoms with E-state index in [2.05, 4.69) is 4.74 Å². The van der Waals surface area contributed by atoms with Gasteiger partial charge in [-0.25, -0.2) is 28.1 Å². The molecule has 0 saturated heterocycles. The predicted octanol–water partition coefficient (Wildman–Crippen LogP) is 1.27.